The highest BCUT2D eigenvalue weighted by Crippen LogP contribution is 2.28. The number of benzene rings is 1. The summed E-state index contributed by atoms with van der Waals surface area (Å²) >= 11 is 0. The van der Waals surface area contributed by atoms with Gasteiger partial charge in [0.25, 0.3) is 0 Å². The molecule has 4 heteroatoms. The van der Waals surface area contributed by atoms with Crippen molar-refractivity contribution in [1.29, 1.82) is 0 Å². The number of hydrogen-bond donors (Lipinski definition) is 0. The van der Waals surface area contributed by atoms with Crippen LogP contribution in [0.15, 0.2) is 18.2 Å². The number of halogens is 2. The van der Waals surface area contributed by atoms with Gasteiger partial charge < -0.3 is 0 Å². The van der Waals surface area contributed by atoms with Crippen LogP contribution in [0.1, 0.15) is 49.9 Å². The van der Waals surface area contributed by atoms with Crippen molar-refractivity contribution in [2.45, 2.75) is 45.1 Å². The monoisotopic (exact) mass is 281 g/mol. The van der Waals surface area contributed by atoms with E-state index < -0.39 is 17.2 Å². The van der Waals surface area contributed by atoms with Crippen LogP contribution < -0.4 is 0 Å². The van der Waals surface area contributed by atoms with Crippen molar-refractivity contribution >= 4 is 5.78 Å². The molecule has 1 atom stereocenters. The lowest BCUT2D eigenvalue weighted by molar-refractivity contribution is 0.0504. The Morgan fingerprint density at radius 2 is 1.70 bits per heavy atom. The molecule has 0 amide bonds. The topological polar surface area (TPSA) is 20.3 Å². The molecule has 0 radical (unpaired) electrons. The quantitative estimate of drug-likeness (QED) is 0.782. The number of nitrogens with zero attached hydrogens (tertiary/aromatic N) is 1. The first-order chi connectivity index (χ1) is 9.47. The van der Waals surface area contributed by atoms with Crippen LogP contribution in [0.5, 0.6) is 0 Å². The van der Waals surface area contributed by atoms with E-state index in [2.05, 4.69) is 4.90 Å². The number of hydrogen-bond acceptors (Lipinski definition) is 2. The van der Waals surface area contributed by atoms with Crippen molar-refractivity contribution in [3.05, 3.63) is 35.4 Å². The first-order valence-electron chi connectivity index (χ1n) is 7.23. The zero-order valence-electron chi connectivity index (χ0n) is 12.1. The lowest BCUT2D eigenvalue weighted by Gasteiger charge is -2.41. The number of Topliss-reactive ketones (excluding diaryl/α,β-unsaturated/α-hetero) is 1. The molecular weight excluding hydrogens is 260 g/mol. The third-order valence-electron chi connectivity index (χ3n) is 4.36. The third-order valence-corrected chi connectivity index (χ3v) is 4.36. The van der Waals surface area contributed by atoms with Gasteiger partial charge in [-0.25, -0.2) is 8.78 Å². The van der Waals surface area contributed by atoms with E-state index in [1.807, 2.05) is 13.8 Å². The Kier molecular flexibility index (Phi) is 4.53. The van der Waals surface area contributed by atoms with Gasteiger partial charge in [-0.2, -0.15) is 0 Å². The molecule has 1 fully saturated rings. The van der Waals surface area contributed by atoms with Crippen LogP contribution in [0, 0.1) is 11.6 Å². The van der Waals surface area contributed by atoms with Crippen molar-refractivity contribution < 1.29 is 13.6 Å². The summed E-state index contributed by atoms with van der Waals surface area (Å²) in [5, 5.41) is 0. The fourth-order valence-electron chi connectivity index (χ4n) is 2.91. The predicted octanol–water partition coefficient (Wildman–Crippen LogP) is 3.80. The van der Waals surface area contributed by atoms with E-state index in [0.29, 0.717) is 6.42 Å². The molecule has 1 aromatic rings. The van der Waals surface area contributed by atoms with Crippen LogP contribution in [-0.4, -0.2) is 29.3 Å². The molecule has 1 saturated heterocycles. The summed E-state index contributed by atoms with van der Waals surface area (Å²) in [6.45, 7) is 5.56. The second kappa shape index (κ2) is 6.00. The molecule has 1 heterocycles. The molecule has 1 aliphatic rings. The van der Waals surface area contributed by atoms with Crippen molar-refractivity contribution in [1.82, 2.24) is 4.90 Å². The Morgan fingerprint density at radius 3 is 2.20 bits per heavy atom. The second-order valence-corrected chi connectivity index (χ2v) is 5.66. The average molecular weight is 281 g/mol. The average Bonchev–Trinajstić information content (AvgIpc) is 2.45. The van der Waals surface area contributed by atoms with Crippen LogP contribution in [-0.2, 0) is 0 Å². The lowest BCUT2D eigenvalue weighted by atomic mass is 9.85. The fourth-order valence-corrected chi connectivity index (χ4v) is 2.91. The van der Waals surface area contributed by atoms with Gasteiger partial charge in [0.2, 0.25) is 0 Å². The van der Waals surface area contributed by atoms with E-state index in [0.717, 1.165) is 44.1 Å². The summed E-state index contributed by atoms with van der Waals surface area (Å²) in [6.07, 6.45) is 3.95. The first kappa shape index (κ1) is 15.1. The van der Waals surface area contributed by atoms with Gasteiger partial charge in [0.15, 0.2) is 5.78 Å². The molecule has 0 saturated carbocycles. The van der Waals surface area contributed by atoms with Gasteiger partial charge in [0.05, 0.1) is 5.54 Å². The summed E-state index contributed by atoms with van der Waals surface area (Å²) in [5.41, 5.74) is -0.557. The number of ketones is 1. The Hall–Kier alpha value is -1.29. The molecule has 1 aromatic carbocycles. The maximum Gasteiger partial charge on any atom is 0.182 e. The van der Waals surface area contributed by atoms with Gasteiger partial charge in [-0.1, -0.05) is 13.3 Å². The number of piperidine rings is 1. The van der Waals surface area contributed by atoms with E-state index in [1.54, 1.807) is 0 Å². The molecule has 0 spiro atoms. The first-order valence-corrected chi connectivity index (χ1v) is 7.23. The van der Waals surface area contributed by atoms with Crippen molar-refractivity contribution in [2.24, 2.45) is 0 Å². The number of likely N-dealkylation sites (tertiary alicyclic amines) is 1. The van der Waals surface area contributed by atoms with Gasteiger partial charge in [0.1, 0.15) is 11.6 Å². The molecule has 2 nitrogen and oxygen atoms in total. The van der Waals surface area contributed by atoms with Crippen LogP contribution in [0.25, 0.3) is 0 Å². The maximum atomic E-state index is 13.3. The molecule has 1 aliphatic heterocycles. The summed E-state index contributed by atoms with van der Waals surface area (Å²) in [4.78, 5) is 14.9. The highest BCUT2D eigenvalue weighted by Gasteiger charge is 2.38. The van der Waals surface area contributed by atoms with E-state index in [9.17, 15) is 13.6 Å². The Balaban J connectivity index is 2.31. The predicted molar refractivity (Wildman–Crippen MR) is 74.8 cm³/mol. The standard InChI is InChI=1S/C16H21F2NO/c1-3-16(2,19-7-5-4-6-8-19)15(20)12-9-13(17)11-14(18)10-12/h9-11H,3-8H2,1-2H3. The number of carbonyl (C=O) groups excluding carboxylic acids is 1. The van der Waals surface area contributed by atoms with Crippen molar-refractivity contribution in [3.8, 4) is 0 Å². The molecule has 110 valence electrons. The van der Waals surface area contributed by atoms with Gasteiger partial charge in [-0.15, -0.1) is 0 Å². The molecule has 1 unspecified atom stereocenters. The molecule has 0 bridgehead atoms. The zero-order valence-corrected chi connectivity index (χ0v) is 12.1. The maximum absolute atomic E-state index is 13.3. The van der Waals surface area contributed by atoms with Crippen molar-refractivity contribution in [2.75, 3.05) is 13.1 Å². The second-order valence-electron chi connectivity index (χ2n) is 5.66. The summed E-state index contributed by atoms with van der Waals surface area (Å²) in [7, 11) is 0. The smallest absolute Gasteiger partial charge is 0.182 e. The third kappa shape index (κ3) is 2.90. The normalized spacial score (nSPS) is 19.6. The summed E-state index contributed by atoms with van der Waals surface area (Å²) in [5.74, 6) is -1.60. The van der Waals surface area contributed by atoms with Gasteiger partial charge in [-0.05, 0) is 51.4 Å². The van der Waals surface area contributed by atoms with E-state index in [4.69, 9.17) is 0 Å². The van der Waals surface area contributed by atoms with Gasteiger partial charge in [0, 0.05) is 11.6 Å². The van der Waals surface area contributed by atoms with E-state index in [-0.39, 0.29) is 11.3 Å². The highest BCUT2D eigenvalue weighted by molar-refractivity contribution is 6.03. The van der Waals surface area contributed by atoms with Gasteiger partial charge in [-0.3, -0.25) is 9.69 Å². The van der Waals surface area contributed by atoms with Crippen LogP contribution in [0.3, 0.4) is 0 Å². The largest absolute Gasteiger partial charge is 0.292 e. The minimum atomic E-state index is -0.703. The Labute approximate surface area is 118 Å². The van der Waals surface area contributed by atoms with E-state index in [1.165, 1.54) is 6.42 Å². The minimum Gasteiger partial charge on any atom is -0.292 e. The molecule has 0 aliphatic carbocycles. The SMILES string of the molecule is CCC(C)(C(=O)c1cc(F)cc(F)c1)N1CCCCC1. The molecular formula is C16H21F2NO. The lowest BCUT2D eigenvalue weighted by Crippen LogP contribution is -2.53. The Morgan fingerprint density at radius 1 is 1.15 bits per heavy atom. The summed E-state index contributed by atoms with van der Waals surface area (Å²) in [6, 6.07) is 3.05. The highest BCUT2D eigenvalue weighted by atomic mass is 19.1. The molecule has 0 N–H and O–H groups in total. The minimum absolute atomic E-state index is 0.123. The zero-order chi connectivity index (χ0) is 14.8. The fraction of sp³-hybridized carbons (Fsp3) is 0.562. The molecule has 0 aromatic heterocycles. The van der Waals surface area contributed by atoms with Crippen LogP contribution >= 0.6 is 0 Å². The van der Waals surface area contributed by atoms with E-state index >= 15 is 0 Å². The summed E-state index contributed by atoms with van der Waals surface area (Å²) < 4.78 is 26.6. The van der Waals surface area contributed by atoms with Gasteiger partial charge >= 0.3 is 0 Å². The Bertz CT molecular complexity index is 477. The van der Waals surface area contributed by atoms with Crippen LogP contribution in [0.4, 0.5) is 8.78 Å². The molecule has 20 heavy (non-hydrogen) atoms. The van der Waals surface area contributed by atoms with Crippen molar-refractivity contribution in [3.63, 3.8) is 0 Å². The van der Waals surface area contributed by atoms with Crippen LogP contribution in [0.2, 0.25) is 0 Å². The number of carbonyl (C=O) groups is 1. The number of rotatable bonds is 4. The molecule has 2 rings (SSSR count).